The fourth-order valence-electron chi connectivity index (χ4n) is 7.02. The number of benzene rings is 6. The summed E-state index contributed by atoms with van der Waals surface area (Å²) in [5.41, 5.74) is 13.8. The van der Waals surface area contributed by atoms with Crippen molar-refractivity contribution in [2.45, 2.75) is 19.3 Å². The van der Waals surface area contributed by atoms with Crippen LogP contribution in [0.1, 0.15) is 25.0 Å². The lowest BCUT2D eigenvalue weighted by molar-refractivity contribution is 0.647. The summed E-state index contributed by atoms with van der Waals surface area (Å²) >= 11 is 0. The van der Waals surface area contributed by atoms with Crippen molar-refractivity contribution in [3.63, 3.8) is 0 Å². The van der Waals surface area contributed by atoms with E-state index >= 15 is 0 Å². The van der Waals surface area contributed by atoms with E-state index in [4.69, 9.17) is 9.40 Å². The van der Waals surface area contributed by atoms with Gasteiger partial charge in [-0.2, -0.15) is 0 Å². The number of aromatic nitrogens is 2. The van der Waals surface area contributed by atoms with Crippen molar-refractivity contribution in [2.24, 2.45) is 0 Å². The second-order valence-corrected chi connectivity index (χ2v) is 12.0. The van der Waals surface area contributed by atoms with Crippen LogP contribution in [0.4, 0.5) is 0 Å². The van der Waals surface area contributed by atoms with Gasteiger partial charge in [0, 0.05) is 27.4 Å². The highest BCUT2D eigenvalue weighted by molar-refractivity contribution is 6.09. The number of hydrogen-bond donors (Lipinski definition) is 0. The number of para-hydroxylation sites is 3. The number of nitrogens with zero attached hydrogens (tertiary/aromatic N) is 2. The van der Waals surface area contributed by atoms with E-state index in [0.29, 0.717) is 0 Å². The monoisotopic (exact) mass is 552 g/mol. The van der Waals surface area contributed by atoms with Crippen molar-refractivity contribution in [3.8, 4) is 39.3 Å². The Morgan fingerprint density at radius 2 is 1.26 bits per heavy atom. The third-order valence-corrected chi connectivity index (χ3v) is 9.22. The fourth-order valence-corrected chi connectivity index (χ4v) is 7.02. The molecule has 0 atom stereocenters. The molecule has 8 aromatic rings. The standard InChI is InChI=1S/C40H28N2O/c1-40(2)33-13-7-6-12-29(33)30-23-32-31-22-27(20-21-37(31)43-38(32)24-34(30)40)25-16-18-26(19-17-25)39-41-35-14-8-9-15-36(35)42(39)28-10-4-3-5-11-28/h3-24H,1-2H3. The van der Waals surface area contributed by atoms with Gasteiger partial charge in [0.15, 0.2) is 0 Å². The molecule has 6 aromatic carbocycles. The molecule has 0 bridgehead atoms. The zero-order valence-corrected chi connectivity index (χ0v) is 24.0. The lowest BCUT2D eigenvalue weighted by Gasteiger charge is -2.21. The van der Waals surface area contributed by atoms with Gasteiger partial charge in [-0.05, 0) is 81.9 Å². The molecule has 0 N–H and O–H groups in total. The zero-order chi connectivity index (χ0) is 28.7. The number of fused-ring (bicyclic) bond motifs is 7. The predicted molar refractivity (Wildman–Crippen MR) is 177 cm³/mol. The minimum Gasteiger partial charge on any atom is -0.456 e. The molecular weight excluding hydrogens is 524 g/mol. The van der Waals surface area contributed by atoms with E-state index in [-0.39, 0.29) is 5.41 Å². The highest BCUT2D eigenvalue weighted by Gasteiger charge is 2.36. The van der Waals surface area contributed by atoms with E-state index in [9.17, 15) is 0 Å². The van der Waals surface area contributed by atoms with Crippen LogP contribution >= 0.6 is 0 Å². The van der Waals surface area contributed by atoms with Gasteiger partial charge in [0.05, 0.1) is 11.0 Å². The molecule has 3 heteroatoms. The first-order valence-corrected chi connectivity index (χ1v) is 14.8. The number of furan rings is 1. The predicted octanol–water partition coefficient (Wildman–Crippen LogP) is 10.6. The summed E-state index contributed by atoms with van der Waals surface area (Å²) in [6.07, 6.45) is 0. The van der Waals surface area contributed by atoms with Crippen LogP contribution in [0.5, 0.6) is 0 Å². The van der Waals surface area contributed by atoms with Crippen LogP contribution in [0.3, 0.4) is 0 Å². The molecule has 204 valence electrons. The summed E-state index contributed by atoms with van der Waals surface area (Å²) in [7, 11) is 0. The van der Waals surface area contributed by atoms with E-state index in [2.05, 4.69) is 140 Å². The smallest absolute Gasteiger partial charge is 0.145 e. The van der Waals surface area contributed by atoms with Crippen LogP contribution in [-0.2, 0) is 5.41 Å². The second-order valence-electron chi connectivity index (χ2n) is 12.0. The molecule has 0 unspecified atom stereocenters. The Morgan fingerprint density at radius 3 is 2.12 bits per heavy atom. The maximum Gasteiger partial charge on any atom is 0.145 e. The summed E-state index contributed by atoms with van der Waals surface area (Å²) in [5, 5.41) is 2.31. The first kappa shape index (κ1) is 24.2. The Kier molecular flexibility index (Phi) is 4.95. The van der Waals surface area contributed by atoms with Crippen LogP contribution in [0, 0.1) is 0 Å². The van der Waals surface area contributed by atoms with Crippen LogP contribution in [0.15, 0.2) is 138 Å². The molecule has 0 spiro atoms. The van der Waals surface area contributed by atoms with Crippen molar-refractivity contribution in [2.75, 3.05) is 0 Å². The van der Waals surface area contributed by atoms with Gasteiger partial charge in [0.25, 0.3) is 0 Å². The molecule has 1 aliphatic rings. The Labute approximate surface area is 249 Å². The van der Waals surface area contributed by atoms with Gasteiger partial charge >= 0.3 is 0 Å². The van der Waals surface area contributed by atoms with Crippen LogP contribution in [-0.4, -0.2) is 9.55 Å². The molecule has 0 amide bonds. The third-order valence-electron chi connectivity index (χ3n) is 9.22. The fraction of sp³-hybridized carbons (Fsp3) is 0.0750. The summed E-state index contributed by atoms with van der Waals surface area (Å²) in [6, 6.07) is 47.4. The van der Waals surface area contributed by atoms with E-state index in [1.54, 1.807) is 0 Å². The number of imidazole rings is 1. The highest BCUT2D eigenvalue weighted by atomic mass is 16.3. The van der Waals surface area contributed by atoms with E-state index in [1.807, 2.05) is 12.1 Å². The largest absolute Gasteiger partial charge is 0.456 e. The Bertz CT molecular complexity index is 2360. The van der Waals surface area contributed by atoms with Crippen molar-refractivity contribution in [3.05, 3.63) is 145 Å². The lowest BCUT2D eigenvalue weighted by Crippen LogP contribution is -2.14. The van der Waals surface area contributed by atoms with Crippen molar-refractivity contribution in [1.29, 1.82) is 0 Å². The third kappa shape index (κ3) is 3.52. The van der Waals surface area contributed by atoms with Gasteiger partial charge in [0.2, 0.25) is 0 Å². The molecule has 0 fully saturated rings. The van der Waals surface area contributed by atoms with Crippen molar-refractivity contribution >= 4 is 33.0 Å². The SMILES string of the molecule is CC1(C)c2ccccc2-c2cc3c(cc21)oc1ccc(-c2ccc(-c4nc5ccccc5n4-c4ccccc4)cc2)cc13. The Hall–Kier alpha value is -5.41. The normalized spacial score (nSPS) is 13.5. The van der Waals surface area contributed by atoms with Crippen LogP contribution in [0.2, 0.25) is 0 Å². The number of hydrogen-bond acceptors (Lipinski definition) is 2. The van der Waals surface area contributed by atoms with Gasteiger partial charge < -0.3 is 4.42 Å². The van der Waals surface area contributed by atoms with E-state index in [0.717, 1.165) is 55.6 Å². The van der Waals surface area contributed by atoms with Gasteiger partial charge in [-0.25, -0.2) is 4.98 Å². The Balaban J connectivity index is 1.15. The maximum atomic E-state index is 6.41. The van der Waals surface area contributed by atoms with Gasteiger partial charge in [-0.3, -0.25) is 4.57 Å². The van der Waals surface area contributed by atoms with Crippen LogP contribution < -0.4 is 0 Å². The van der Waals surface area contributed by atoms with Crippen molar-refractivity contribution in [1.82, 2.24) is 9.55 Å². The minimum atomic E-state index is -0.0485. The average molecular weight is 553 g/mol. The average Bonchev–Trinajstić information content (AvgIpc) is 3.68. The second kappa shape index (κ2) is 8.80. The molecule has 0 saturated carbocycles. The first-order chi connectivity index (χ1) is 21.1. The minimum absolute atomic E-state index is 0.0485. The summed E-state index contributed by atoms with van der Waals surface area (Å²) in [4.78, 5) is 5.04. The quantitative estimate of drug-likeness (QED) is 0.218. The van der Waals surface area contributed by atoms with Gasteiger partial charge in [-0.15, -0.1) is 0 Å². The highest BCUT2D eigenvalue weighted by Crippen LogP contribution is 2.50. The van der Waals surface area contributed by atoms with Gasteiger partial charge in [0.1, 0.15) is 17.0 Å². The molecule has 0 radical (unpaired) electrons. The molecule has 0 saturated heterocycles. The summed E-state index contributed by atoms with van der Waals surface area (Å²) < 4.78 is 8.65. The molecule has 2 aromatic heterocycles. The number of rotatable bonds is 3. The molecular formula is C40H28N2O. The van der Waals surface area contributed by atoms with Crippen molar-refractivity contribution < 1.29 is 4.42 Å². The zero-order valence-electron chi connectivity index (χ0n) is 24.0. The van der Waals surface area contributed by atoms with Crippen LogP contribution in [0.25, 0.3) is 72.3 Å². The molecule has 43 heavy (non-hydrogen) atoms. The molecule has 0 aliphatic heterocycles. The topological polar surface area (TPSA) is 31.0 Å². The first-order valence-electron chi connectivity index (χ1n) is 14.8. The maximum absolute atomic E-state index is 6.41. The van der Waals surface area contributed by atoms with E-state index in [1.165, 1.54) is 27.8 Å². The molecule has 3 nitrogen and oxygen atoms in total. The van der Waals surface area contributed by atoms with E-state index < -0.39 is 0 Å². The Morgan fingerprint density at radius 1 is 0.558 bits per heavy atom. The lowest BCUT2D eigenvalue weighted by atomic mass is 9.82. The molecule has 9 rings (SSSR count). The summed E-state index contributed by atoms with van der Waals surface area (Å²) in [5.74, 6) is 0.937. The van der Waals surface area contributed by atoms with Gasteiger partial charge in [-0.1, -0.05) is 98.8 Å². The summed E-state index contributed by atoms with van der Waals surface area (Å²) in [6.45, 7) is 4.62. The molecule has 2 heterocycles. The molecule has 1 aliphatic carbocycles.